The summed E-state index contributed by atoms with van der Waals surface area (Å²) in [5, 5.41) is 0. The van der Waals surface area contributed by atoms with Crippen LogP contribution in [0.2, 0.25) is 0 Å². The Balaban J connectivity index is 2.30. The van der Waals surface area contributed by atoms with Crippen molar-refractivity contribution in [3.05, 3.63) is 60.2 Å². The molecule has 2 aromatic carbocycles. The summed E-state index contributed by atoms with van der Waals surface area (Å²) in [4.78, 5) is 11.4. The van der Waals surface area contributed by atoms with Gasteiger partial charge in [-0.25, -0.2) is 0 Å². The third-order valence-electron chi connectivity index (χ3n) is 2.45. The maximum absolute atomic E-state index is 11.4. The molecule has 2 heteroatoms. The van der Waals surface area contributed by atoms with Gasteiger partial charge in [-0.3, -0.25) is 4.79 Å². The first-order valence-electron chi connectivity index (χ1n) is 5.08. The molecular formula is C14H11OS-. The van der Waals surface area contributed by atoms with Crippen molar-refractivity contribution in [2.75, 3.05) is 5.75 Å². The highest BCUT2D eigenvalue weighted by Gasteiger charge is 2.00. The van der Waals surface area contributed by atoms with E-state index in [0.29, 0.717) is 5.56 Å². The molecule has 0 saturated carbocycles. The van der Waals surface area contributed by atoms with Crippen molar-refractivity contribution < 1.29 is 4.79 Å². The predicted octanol–water partition coefficient (Wildman–Crippen LogP) is 3.08. The van der Waals surface area contributed by atoms with E-state index in [9.17, 15) is 4.79 Å². The number of Topliss-reactive ketones (excluding diaryl/α,β-unsaturated/α-hetero) is 1. The minimum Gasteiger partial charge on any atom is -0.785 e. The van der Waals surface area contributed by atoms with Gasteiger partial charge in [0.15, 0.2) is 0 Å². The molecule has 16 heavy (non-hydrogen) atoms. The minimum atomic E-state index is 0.00890. The molecule has 0 heterocycles. The van der Waals surface area contributed by atoms with Crippen LogP contribution < -0.4 is 0 Å². The number of benzene rings is 2. The molecule has 2 aromatic rings. The third-order valence-corrected chi connectivity index (χ3v) is 2.71. The molecule has 0 fully saturated rings. The van der Waals surface area contributed by atoms with Gasteiger partial charge in [-0.1, -0.05) is 54.6 Å². The van der Waals surface area contributed by atoms with Crippen LogP contribution in [-0.4, -0.2) is 11.5 Å². The number of hydrogen-bond donors (Lipinski definition) is 0. The van der Waals surface area contributed by atoms with E-state index < -0.39 is 0 Å². The van der Waals surface area contributed by atoms with E-state index in [1.165, 1.54) is 0 Å². The molecule has 1 nitrogen and oxygen atoms in total. The van der Waals surface area contributed by atoms with Gasteiger partial charge in [-0.05, 0) is 11.1 Å². The molecular weight excluding hydrogens is 216 g/mol. The zero-order valence-electron chi connectivity index (χ0n) is 8.72. The summed E-state index contributed by atoms with van der Waals surface area (Å²) in [6.45, 7) is 0. The highest BCUT2D eigenvalue weighted by atomic mass is 32.1. The lowest BCUT2D eigenvalue weighted by Crippen LogP contribution is -2.01. The molecule has 0 bridgehead atoms. The second-order valence-electron chi connectivity index (χ2n) is 3.51. The van der Waals surface area contributed by atoms with Crippen LogP contribution in [0.1, 0.15) is 10.4 Å². The standard InChI is InChI=1S/C14H12OS/c15-14(10-16)13-8-6-12(7-9-13)11-4-2-1-3-5-11/h1-9,16H,10H2/p-1. The number of rotatable bonds is 3. The lowest BCUT2D eigenvalue weighted by molar-refractivity contribution is 0.102. The second kappa shape index (κ2) is 4.99. The van der Waals surface area contributed by atoms with Crippen LogP contribution in [-0.2, 0) is 12.6 Å². The van der Waals surface area contributed by atoms with Gasteiger partial charge in [-0.15, -0.1) is 5.75 Å². The summed E-state index contributed by atoms with van der Waals surface area (Å²) in [5.41, 5.74) is 2.95. The molecule has 0 aliphatic carbocycles. The summed E-state index contributed by atoms with van der Waals surface area (Å²) in [5.74, 6) is 0.152. The summed E-state index contributed by atoms with van der Waals surface area (Å²) in [7, 11) is 0. The first-order valence-corrected chi connectivity index (χ1v) is 5.66. The Morgan fingerprint density at radius 1 is 0.875 bits per heavy atom. The molecule has 0 spiro atoms. The van der Waals surface area contributed by atoms with E-state index in [1.807, 2.05) is 54.6 Å². The molecule has 0 aromatic heterocycles. The van der Waals surface area contributed by atoms with Gasteiger partial charge in [0.1, 0.15) is 5.78 Å². The van der Waals surface area contributed by atoms with Crippen molar-refractivity contribution in [1.82, 2.24) is 0 Å². The number of carbonyl (C=O) groups is 1. The van der Waals surface area contributed by atoms with E-state index in [2.05, 4.69) is 0 Å². The highest BCUT2D eigenvalue weighted by Crippen LogP contribution is 2.19. The Bertz CT molecular complexity index is 474. The molecule has 0 amide bonds. The molecule has 0 saturated heterocycles. The van der Waals surface area contributed by atoms with Gasteiger partial charge >= 0.3 is 0 Å². The highest BCUT2D eigenvalue weighted by molar-refractivity contribution is 7.59. The monoisotopic (exact) mass is 227 g/mol. The van der Waals surface area contributed by atoms with Crippen LogP contribution in [0.5, 0.6) is 0 Å². The Labute approximate surface area is 101 Å². The molecule has 2 rings (SSSR count). The van der Waals surface area contributed by atoms with Crippen LogP contribution in [0.4, 0.5) is 0 Å². The number of ketones is 1. The predicted molar refractivity (Wildman–Crippen MR) is 68.4 cm³/mol. The lowest BCUT2D eigenvalue weighted by Gasteiger charge is -2.05. The second-order valence-corrected chi connectivity index (χ2v) is 3.80. The van der Waals surface area contributed by atoms with Crippen LogP contribution in [0.25, 0.3) is 11.1 Å². The minimum absolute atomic E-state index is 0.00890. The maximum atomic E-state index is 11.4. The zero-order valence-corrected chi connectivity index (χ0v) is 9.54. The summed E-state index contributed by atoms with van der Waals surface area (Å²) in [6.07, 6.45) is 0. The molecule has 0 N–H and O–H groups in total. The smallest absolute Gasteiger partial charge is 0.139 e. The Morgan fingerprint density at radius 2 is 1.44 bits per heavy atom. The largest absolute Gasteiger partial charge is 0.785 e. The number of hydrogen-bond acceptors (Lipinski definition) is 2. The Morgan fingerprint density at radius 3 is 2.00 bits per heavy atom. The first-order chi connectivity index (χ1) is 7.81. The summed E-state index contributed by atoms with van der Waals surface area (Å²) in [6, 6.07) is 17.6. The SMILES string of the molecule is O=C(C[S-])c1ccc(-c2ccccc2)cc1. The fourth-order valence-corrected chi connectivity index (χ4v) is 1.73. The van der Waals surface area contributed by atoms with Crippen LogP contribution >= 0.6 is 0 Å². The van der Waals surface area contributed by atoms with Crippen molar-refractivity contribution in [2.24, 2.45) is 0 Å². The average Bonchev–Trinajstić information content (AvgIpc) is 2.39. The van der Waals surface area contributed by atoms with E-state index in [0.717, 1.165) is 11.1 Å². The average molecular weight is 227 g/mol. The van der Waals surface area contributed by atoms with E-state index >= 15 is 0 Å². The topological polar surface area (TPSA) is 17.1 Å². The van der Waals surface area contributed by atoms with E-state index in [-0.39, 0.29) is 11.5 Å². The van der Waals surface area contributed by atoms with Crippen molar-refractivity contribution in [3.8, 4) is 11.1 Å². The van der Waals surface area contributed by atoms with E-state index in [4.69, 9.17) is 12.6 Å². The molecule has 0 aliphatic rings. The van der Waals surface area contributed by atoms with Crippen LogP contribution in [0, 0.1) is 0 Å². The Kier molecular flexibility index (Phi) is 3.42. The normalized spacial score (nSPS) is 10.1. The molecule has 0 aliphatic heterocycles. The molecule has 0 atom stereocenters. The fourth-order valence-electron chi connectivity index (χ4n) is 1.56. The number of carbonyl (C=O) groups excluding carboxylic acids is 1. The van der Waals surface area contributed by atoms with Gasteiger partial charge in [0.25, 0.3) is 0 Å². The quantitative estimate of drug-likeness (QED) is 0.592. The lowest BCUT2D eigenvalue weighted by atomic mass is 10.0. The van der Waals surface area contributed by atoms with Crippen LogP contribution in [0.3, 0.4) is 0 Å². The van der Waals surface area contributed by atoms with Gasteiger partial charge in [-0.2, -0.15) is 0 Å². The third kappa shape index (κ3) is 2.34. The molecule has 80 valence electrons. The van der Waals surface area contributed by atoms with Crippen molar-refractivity contribution in [1.29, 1.82) is 0 Å². The van der Waals surface area contributed by atoms with Crippen molar-refractivity contribution >= 4 is 18.4 Å². The fraction of sp³-hybridized carbons (Fsp3) is 0.0714. The molecule has 0 unspecified atom stereocenters. The maximum Gasteiger partial charge on any atom is 0.139 e. The van der Waals surface area contributed by atoms with Gasteiger partial charge < -0.3 is 12.6 Å². The molecule has 0 radical (unpaired) electrons. The summed E-state index contributed by atoms with van der Waals surface area (Å²) < 4.78 is 0. The van der Waals surface area contributed by atoms with Crippen LogP contribution in [0.15, 0.2) is 54.6 Å². The van der Waals surface area contributed by atoms with Gasteiger partial charge in [0.05, 0.1) is 0 Å². The zero-order chi connectivity index (χ0) is 11.4. The Hall–Kier alpha value is -1.54. The van der Waals surface area contributed by atoms with Gasteiger partial charge in [0, 0.05) is 5.56 Å². The first kappa shape index (κ1) is 11.0. The van der Waals surface area contributed by atoms with Crippen molar-refractivity contribution in [3.63, 3.8) is 0 Å². The van der Waals surface area contributed by atoms with E-state index in [1.54, 1.807) is 0 Å². The summed E-state index contributed by atoms with van der Waals surface area (Å²) >= 11 is 4.73. The van der Waals surface area contributed by atoms with Gasteiger partial charge in [0.2, 0.25) is 0 Å². The van der Waals surface area contributed by atoms with Crippen molar-refractivity contribution in [2.45, 2.75) is 0 Å².